The summed E-state index contributed by atoms with van der Waals surface area (Å²) in [6, 6.07) is 30.8. The van der Waals surface area contributed by atoms with Crippen LogP contribution >= 0.6 is 11.3 Å². The van der Waals surface area contributed by atoms with Gasteiger partial charge in [0, 0.05) is 10.4 Å². The number of hydrogen-bond acceptors (Lipinski definition) is 4. The van der Waals surface area contributed by atoms with Gasteiger partial charge >= 0.3 is 0 Å². The van der Waals surface area contributed by atoms with Crippen LogP contribution in [-0.4, -0.2) is 19.5 Å². The van der Waals surface area contributed by atoms with Crippen molar-refractivity contribution in [3.63, 3.8) is 0 Å². The van der Waals surface area contributed by atoms with E-state index in [0.29, 0.717) is 0 Å². The second kappa shape index (κ2) is 6.90. The lowest BCUT2D eigenvalue weighted by atomic mass is 10.1. The Morgan fingerprint density at radius 3 is 2.20 bits per heavy atom. The zero-order chi connectivity index (χ0) is 19.9. The van der Waals surface area contributed by atoms with Crippen molar-refractivity contribution < 1.29 is 0 Å². The lowest BCUT2D eigenvalue weighted by Gasteiger charge is -2.08. The van der Waals surface area contributed by atoms with E-state index in [4.69, 9.17) is 9.97 Å². The standard InChI is InChI=1S/C25H16N4S/c1-3-9-17(10-4-1)22-15-19-24(29-16-26-20-13-7-8-14-21(20)29)27-23(28-25(19)30-22)18-11-5-2-6-12-18/h1-16H. The zero-order valence-corrected chi connectivity index (χ0v) is 16.8. The van der Waals surface area contributed by atoms with E-state index in [2.05, 4.69) is 45.9 Å². The number of nitrogens with zero attached hydrogens (tertiary/aromatic N) is 4. The number of imidazole rings is 1. The molecule has 3 heterocycles. The van der Waals surface area contributed by atoms with E-state index in [1.807, 2.05) is 60.9 Å². The van der Waals surface area contributed by atoms with Crippen LogP contribution < -0.4 is 0 Å². The van der Waals surface area contributed by atoms with Gasteiger partial charge in [0.05, 0.1) is 16.4 Å². The minimum absolute atomic E-state index is 0.720. The number of thiophene rings is 1. The Morgan fingerprint density at radius 1 is 0.700 bits per heavy atom. The van der Waals surface area contributed by atoms with Crippen LogP contribution in [0.2, 0.25) is 0 Å². The molecule has 3 aromatic carbocycles. The quantitative estimate of drug-likeness (QED) is 0.344. The zero-order valence-electron chi connectivity index (χ0n) is 15.9. The molecule has 6 rings (SSSR count). The van der Waals surface area contributed by atoms with Gasteiger partial charge < -0.3 is 0 Å². The molecule has 6 aromatic rings. The van der Waals surface area contributed by atoms with Crippen molar-refractivity contribution in [3.05, 3.63) is 97.3 Å². The minimum Gasteiger partial charge on any atom is -0.282 e. The summed E-state index contributed by atoms with van der Waals surface area (Å²) in [6.07, 6.45) is 1.85. The predicted octanol–water partition coefficient (Wildman–Crippen LogP) is 6.36. The summed E-state index contributed by atoms with van der Waals surface area (Å²) >= 11 is 1.69. The van der Waals surface area contributed by atoms with E-state index >= 15 is 0 Å². The van der Waals surface area contributed by atoms with E-state index in [1.54, 1.807) is 11.3 Å². The van der Waals surface area contributed by atoms with Gasteiger partial charge in [-0.2, -0.15) is 0 Å². The van der Waals surface area contributed by atoms with Crippen molar-refractivity contribution in [3.8, 4) is 27.6 Å². The van der Waals surface area contributed by atoms with Gasteiger partial charge in [-0.1, -0.05) is 72.8 Å². The number of para-hydroxylation sites is 2. The summed E-state index contributed by atoms with van der Waals surface area (Å²) in [7, 11) is 0. The summed E-state index contributed by atoms with van der Waals surface area (Å²) in [5.41, 5.74) is 4.16. The van der Waals surface area contributed by atoms with Gasteiger partial charge in [-0.25, -0.2) is 15.0 Å². The lowest BCUT2D eigenvalue weighted by Crippen LogP contribution is -2.00. The van der Waals surface area contributed by atoms with Crippen molar-refractivity contribution >= 4 is 32.6 Å². The molecule has 0 unspecified atom stereocenters. The Kier molecular flexibility index (Phi) is 3.92. The highest BCUT2D eigenvalue weighted by molar-refractivity contribution is 7.21. The Morgan fingerprint density at radius 2 is 1.40 bits per heavy atom. The molecule has 0 radical (unpaired) electrons. The van der Waals surface area contributed by atoms with E-state index in [9.17, 15) is 0 Å². The first kappa shape index (κ1) is 17.1. The molecule has 142 valence electrons. The van der Waals surface area contributed by atoms with Crippen LogP contribution in [0.25, 0.3) is 48.9 Å². The third kappa shape index (κ3) is 2.79. The summed E-state index contributed by atoms with van der Waals surface area (Å²) in [5, 5.41) is 1.03. The van der Waals surface area contributed by atoms with Gasteiger partial charge in [0.1, 0.15) is 11.2 Å². The number of rotatable bonds is 3. The molecule has 0 spiro atoms. The van der Waals surface area contributed by atoms with Gasteiger partial charge in [0.15, 0.2) is 11.6 Å². The topological polar surface area (TPSA) is 43.6 Å². The number of benzene rings is 3. The smallest absolute Gasteiger partial charge is 0.163 e. The SMILES string of the molecule is c1ccc(-c2nc(-n3cnc4ccccc43)c3cc(-c4ccccc4)sc3n2)cc1. The maximum absolute atomic E-state index is 4.99. The van der Waals surface area contributed by atoms with Gasteiger partial charge in [0.2, 0.25) is 0 Å². The van der Waals surface area contributed by atoms with E-state index in [0.717, 1.165) is 38.5 Å². The monoisotopic (exact) mass is 404 g/mol. The summed E-state index contributed by atoms with van der Waals surface area (Å²) in [4.78, 5) is 16.6. The normalized spacial score (nSPS) is 11.3. The Hall–Kier alpha value is -3.83. The van der Waals surface area contributed by atoms with E-state index < -0.39 is 0 Å². The molecule has 5 heteroatoms. The van der Waals surface area contributed by atoms with Crippen molar-refractivity contribution in [2.24, 2.45) is 0 Å². The van der Waals surface area contributed by atoms with Crippen LogP contribution in [0.3, 0.4) is 0 Å². The first-order valence-corrected chi connectivity index (χ1v) is 10.5. The van der Waals surface area contributed by atoms with E-state index in [1.165, 1.54) is 10.4 Å². The highest BCUT2D eigenvalue weighted by Gasteiger charge is 2.16. The second-order valence-corrected chi connectivity index (χ2v) is 8.07. The fourth-order valence-electron chi connectivity index (χ4n) is 3.68. The van der Waals surface area contributed by atoms with Crippen LogP contribution in [0.15, 0.2) is 97.3 Å². The maximum atomic E-state index is 4.99. The summed E-state index contributed by atoms with van der Waals surface area (Å²) < 4.78 is 2.06. The average molecular weight is 404 g/mol. The van der Waals surface area contributed by atoms with Crippen LogP contribution in [0.4, 0.5) is 0 Å². The molecule has 0 aliphatic heterocycles. The van der Waals surface area contributed by atoms with Crippen LogP contribution in [0.1, 0.15) is 0 Å². The van der Waals surface area contributed by atoms with Crippen molar-refractivity contribution in [1.29, 1.82) is 0 Å². The van der Waals surface area contributed by atoms with Crippen molar-refractivity contribution in [1.82, 2.24) is 19.5 Å². The molecule has 0 fully saturated rings. The van der Waals surface area contributed by atoms with Gasteiger partial charge in [-0.15, -0.1) is 11.3 Å². The predicted molar refractivity (Wildman–Crippen MR) is 123 cm³/mol. The average Bonchev–Trinajstić information content (AvgIpc) is 3.44. The van der Waals surface area contributed by atoms with E-state index in [-0.39, 0.29) is 0 Å². The Bertz CT molecular complexity index is 1480. The molecule has 30 heavy (non-hydrogen) atoms. The largest absolute Gasteiger partial charge is 0.282 e. The molecule has 0 N–H and O–H groups in total. The third-order valence-corrected chi connectivity index (χ3v) is 6.22. The van der Waals surface area contributed by atoms with Gasteiger partial charge in [-0.3, -0.25) is 4.57 Å². The fourth-order valence-corrected chi connectivity index (χ4v) is 4.71. The van der Waals surface area contributed by atoms with Crippen LogP contribution in [0, 0.1) is 0 Å². The Labute approximate surface area is 177 Å². The molecule has 4 nitrogen and oxygen atoms in total. The molecule has 0 saturated carbocycles. The highest BCUT2D eigenvalue weighted by atomic mass is 32.1. The first-order chi connectivity index (χ1) is 14.9. The molecule has 0 saturated heterocycles. The number of hydrogen-bond donors (Lipinski definition) is 0. The summed E-state index contributed by atoms with van der Waals surface area (Å²) in [5.74, 6) is 1.57. The summed E-state index contributed by atoms with van der Waals surface area (Å²) in [6.45, 7) is 0. The minimum atomic E-state index is 0.720. The number of fused-ring (bicyclic) bond motifs is 2. The third-order valence-electron chi connectivity index (χ3n) is 5.14. The molecule has 0 amide bonds. The highest BCUT2D eigenvalue weighted by Crippen LogP contribution is 2.36. The fraction of sp³-hybridized carbons (Fsp3) is 0. The van der Waals surface area contributed by atoms with Crippen molar-refractivity contribution in [2.45, 2.75) is 0 Å². The maximum Gasteiger partial charge on any atom is 0.163 e. The molecule has 0 atom stereocenters. The Balaban J connectivity index is 1.66. The lowest BCUT2D eigenvalue weighted by molar-refractivity contribution is 1.03. The molecule has 0 aliphatic carbocycles. The van der Waals surface area contributed by atoms with Crippen LogP contribution in [-0.2, 0) is 0 Å². The van der Waals surface area contributed by atoms with Gasteiger partial charge in [-0.05, 0) is 23.8 Å². The number of aromatic nitrogens is 4. The second-order valence-electron chi connectivity index (χ2n) is 7.04. The molecule has 0 aliphatic rings. The van der Waals surface area contributed by atoms with Gasteiger partial charge in [0.25, 0.3) is 0 Å². The first-order valence-electron chi connectivity index (χ1n) is 9.72. The molecular formula is C25H16N4S. The van der Waals surface area contributed by atoms with Crippen LogP contribution in [0.5, 0.6) is 0 Å². The molecular weight excluding hydrogens is 388 g/mol. The van der Waals surface area contributed by atoms with Crippen molar-refractivity contribution in [2.75, 3.05) is 0 Å². The molecule has 0 bridgehead atoms. The molecule has 3 aromatic heterocycles.